The van der Waals surface area contributed by atoms with Gasteiger partial charge in [-0.25, -0.2) is 8.78 Å². The fourth-order valence-electron chi connectivity index (χ4n) is 1.77. The van der Waals surface area contributed by atoms with Crippen molar-refractivity contribution >= 4 is 21.6 Å². The molecule has 0 amide bonds. The van der Waals surface area contributed by atoms with Crippen LogP contribution in [0.25, 0.3) is 0 Å². The third kappa shape index (κ3) is 3.30. The second-order valence-electron chi connectivity index (χ2n) is 4.03. The molecule has 1 unspecified atom stereocenters. The Kier molecular flexibility index (Phi) is 4.50. The van der Waals surface area contributed by atoms with Gasteiger partial charge in [0.2, 0.25) is 0 Å². The zero-order valence-electron chi connectivity index (χ0n) is 9.91. The smallest absolute Gasteiger partial charge is 0.146 e. The number of para-hydroxylation sites is 1. The van der Waals surface area contributed by atoms with Crippen molar-refractivity contribution in [3.05, 3.63) is 64.1 Å². The van der Waals surface area contributed by atoms with E-state index >= 15 is 0 Å². The van der Waals surface area contributed by atoms with Gasteiger partial charge in [-0.1, -0.05) is 28.1 Å². The summed E-state index contributed by atoms with van der Waals surface area (Å²) in [7, 11) is 0. The van der Waals surface area contributed by atoms with E-state index in [1.165, 1.54) is 18.2 Å². The van der Waals surface area contributed by atoms with Gasteiger partial charge in [0.1, 0.15) is 11.6 Å². The molecule has 2 N–H and O–H groups in total. The van der Waals surface area contributed by atoms with Crippen molar-refractivity contribution in [3.63, 3.8) is 0 Å². The summed E-state index contributed by atoms with van der Waals surface area (Å²) in [5, 5.41) is 12.3. The highest BCUT2D eigenvalue weighted by molar-refractivity contribution is 9.10. The number of anilines is 1. The Morgan fingerprint density at radius 2 is 1.89 bits per heavy atom. The minimum Gasteiger partial charge on any atom is -0.394 e. The highest BCUT2D eigenvalue weighted by atomic mass is 79.9. The van der Waals surface area contributed by atoms with Crippen molar-refractivity contribution in [2.45, 2.75) is 6.04 Å². The van der Waals surface area contributed by atoms with Crippen LogP contribution in [-0.2, 0) is 0 Å². The number of halogens is 3. The standard InChI is InChI=1S/C14H12BrF2NO/c15-11-6-5-9(16)7-10(11)14(8-19)18-13-4-2-1-3-12(13)17/h1-7,14,18-19H,8H2. The number of aliphatic hydroxyl groups is 1. The second-order valence-corrected chi connectivity index (χ2v) is 4.88. The van der Waals surface area contributed by atoms with Gasteiger partial charge < -0.3 is 10.4 Å². The first-order valence-electron chi connectivity index (χ1n) is 5.68. The van der Waals surface area contributed by atoms with Gasteiger partial charge in [-0.3, -0.25) is 0 Å². The van der Waals surface area contributed by atoms with Crippen LogP contribution in [0, 0.1) is 11.6 Å². The van der Waals surface area contributed by atoms with E-state index < -0.39 is 17.7 Å². The van der Waals surface area contributed by atoms with Crippen LogP contribution in [0.4, 0.5) is 14.5 Å². The maximum absolute atomic E-state index is 13.6. The average molecular weight is 328 g/mol. The first-order chi connectivity index (χ1) is 9.11. The van der Waals surface area contributed by atoms with Crippen molar-refractivity contribution in [1.82, 2.24) is 0 Å². The molecule has 1 atom stereocenters. The molecule has 0 aliphatic rings. The van der Waals surface area contributed by atoms with Gasteiger partial charge in [0.15, 0.2) is 0 Å². The number of benzene rings is 2. The zero-order valence-corrected chi connectivity index (χ0v) is 11.5. The highest BCUT2D eigenvalue weighted by Crippen LogP contribution is 2.28. The van der Waals surface area contributed by atoms with Crippen molar-refractivity contribution in [1.29, 1.82) is 0 Å². The molecule has 5 heteroatoms. The maximum atomic E-state index is 13.6. The quantitative estimate of drug-likeness (QED) is 0.893. The molecular weight excluding hydrogens is 316 g/mol. The van der Waals surface area contributed by atoms with Crippen LogP contribution >= 0.6 is 15.9 Å². The van der Waals surface area contributed by atoms with Crippen molar-refractivity contribution < 1.29 is 13.9 Å². The monoisotopic (exact) mass is 327 g/mol. The first-order valence-corrected chi connectivity index (χ1v) is 6.48. The highest BCUT2D eigenvalue weighted by Gasteiger charge is 2.15. The van der Waals surface area contributed by atoms with Gasteiger partial charge in [0.05, 0.1) is 18.3 Å². The van der Waals surface area contributed by atoms with Gasteiger partial charge >= 0.3 is 0 Å². The van der Waals surface area contributed by atoms with Crippen LogP contribution in [0.15, 0.2) is 46.9 Å². The minimum absolute atomic E-state index is 0.262. The molecule has 2 aromatic carbocycles. The summed E-state index contributed by atoms with van der Waals surface area (Å²) >= 11 is 3.29. The molecule has 0 aliphatic heterocycles. The summed E-state index contributed by atoms with van der Waals surface area (Å²) in [5.74, 6) is -0.833. The largest absolute Gasteiger partial charge is 0.394 e. The Morgan fingerprint density at radius 1 is 1.16 bits per heavy atom. The van der Waals surface area contributed by atoms with Crippen LogP contribution in [0.3, 0.4) is 0 Å². The van der Waals surface area contributed by atoms with Gasteiger partial charge in [-0.05, 0) is 35.9 Å². The van der Waals surface area contributed by atoms with Crippen molar-refractivity contribution in [3.8, 4) is 0 Å². The molecule has 0 aromatic heterocycles. The van der Waals surface area contributed by atoms with Crippen LogP contribution in [0.1, 0.15) is 11.6 Å². The lowest BCUT2D eigenvalue weighted by Crippen LogP contribution is -2.16. The third-order valence-electron chi connectivity index (χ3n) is 2.72. The lowest BCUT2D eigenvalue weighted by molar-refractivity contribution is 0.275. The molecule has 19 heavy (non-hydrogen) atoms. The van der Waals surface area contributed by atoms with Crippen LogP contribution in [0.2, 0.25) is 0 Å². The molecule has 0 saturated carbocycles. The molecule has 2 nitrogen and oxygen atoms in total. The predicted octanol–water partition coefficient (Wildman–Crippen LogP) is 3.87. The molecule has 0 spiro atoms. The normalized spacial score (nSPS) is 12.2. The Balaban J connectivity index is 2.30. The molecule has 0 fully saturated rings. The predicted molar refractivity (Wildman–Crippen MR) is 73.9 cm³/mol. The van der Waals surface area contributed by atoms with Crippen LogP contribution in [-0.4, -0.2) is 11.7 Å². The summed E-state index contributed by atoms with van der Waals surface area (Å²) in [5.41, 5.74) is 0.795. The lowest BCUT2D eigenvalue weighted by Gasteiger charge is -2.19. The molecule has 0 heterocycles. The van der Waals surface area contributed by atoms with E-state index in [1.54, 1.807) is 24.3 Å². The third-order valence-corrected chi connectivity index (χ3v) is 3.44. The van der Waals surface area contributed by atoms with Crippen LogP contribution in [0.5, 0.6) is 0 Å². The fraction of sp³-hybridized carbons (Fsp3) is 0.143. The lowest BCUT2D eigenvalue weighted by atomic mass is 10.1. The van der Waals surface area contributed by atoms with Crippen molar-refractivity contribution in [2.24, 2.45) is 0 Å². The SMILES string of the molecule is OCC(Nc1ccccc1F)c1cc(F)ccc1Br. The number of rotatable bonds is 4. The molecule has 0 bridgehead atoms. The van der Waals surface area contributed by atoms with E-state index in [0.29, 0.717) is 10.0 Å². The van der Waals surface area contributed by atoms with E-state index in [1.807, 2.05) is 0 Å². The summed E-state index contributed by atoms with van der Waals surface area (Å²) < 4.78 is 27.5. The van der Waals surface area contributed by atoms with Gasteiger partial charge in [0.25, 0.3) is 0 Å². The molecule has 0 aliphatic carbocycles. The Hall–Kier alpha value is -1.46. The van der Waals surface area contributed by atoms with Gasteiger partial charge in [-0.15, -0.1) is 0 Å². The van der Waals surface area contributed by atoms with E-state index in [0.717, 1.165) is 0 Å². The fourth-order valence-corrected chi connectivity index (χ4v) is 2.29. The Morgan fingerprint density at radius 3 is 2.58 bits per heavy atom. The summed E-state index contributed by atoms with van der Waals surface area (Å²) in [6, 6.07) is 9.71. The first kappa shape index (κ1) is 14.0. The van der Waals surface area contributed by atoms with E-state index in [-0.39, 0.29) is 12.3 Å². The van der Waals surface area contributed by atoms with Gasteiger partial charge in [-0.2, -0.15) is 0 Å². The molecule has 2 rings (SSSR count). The summed E-state index contributed by atoms with van der Waals surface area (Å²) in [4.78, 5) is 0. The van der Waals surface area contributed by atoms with E-state index in [2.05, 4.69) is 21.2 Å². The van der Waals surface area contributed by atoms with Gasteiger partial charge in [0, 0.05) is 4.47 Å². The molecule has 100 valence electrons. The summed E-state index contributed by atoms with van der Waals surface area (Å²) in [6.07, 6.45) is 0. The molecule has 0 saturated heterocycles. The average Bonchev–Trinajstić information content (AvgIpc) is 2.41. The maximum Gasteiger partial charge on any atom is 0.146 e. The van der Waals surface area contributed by atoms with E-state index in [4.69, 9.17) is 0 Å². The number of nitrogens with one attached hydrogen (secondary N) is 1. The second kappa shape index (κ2) is 6.12. The number of hydrogen-bond acceptors (Lipinski definition) is 2. The molecular formula is C14H12BrF2NO. The van der Waals surface area contributed by atoms with Crippen molar-refractivity contribution in [2.75, 3.05) is 11.9 Å². The molecule has 0 radical (unpaired) electrons. The van der Waals surface area contributed by atoms with E-state index in [9.17, 15) is 13.9 Å². The molecule has 2 aromatic rings. The number of aliphatic hydroxyl groups excluding tert-OH is 1. The minimum atomic E-state index is -0.595. The Bertz CT molecular complexity index is 577. The zero-order chi connectivity index (χ0) is 13.8. The topological polar surface area (TPSA) is 32.3 Å². The van der Waals surface area contributed by atoms with Crippen LogP contribution < -0.4 is 5.32 Å². The Labute approximate surface area is 118 Å². The number of hydrogen-bond donors (Lipinski definition) is 2. The summed E-state index contributed by atoms with van der Waals surface area (Å²) in [6.45, 7) is -0.281.